The second kappa shape index (κ2) is 13.8. The molecule has 0 saturated carbocycles. The van der Waals surface area contributed by atoms with Gasteiger partial charge < -0.3 is 30.6 Å². The van der Waals surface area contributed by atoms with Crippen LogP contribution < -0.4 is 21.1 Å². The van der Waals surface area contributed by atoms with Gasteiger partial charge in [-0.15, -0.1) is 0 Å². The molecule has 2 aliphatic heterocycles. The van der Waals surface area contributed by atoms with Crippen molar-refractivity contribution in [2.45, 2.75) is 69.6 Å². The summed E-state index contributed by atoms with van der Waals surface area (Å²) in [6.45, 7) is 5.96. The summed E-state index contributed by atoms with van der Waals surface area (Å²) in [5, 5.41) is 5.63. The number of nitrogens with one attached hydrogen (secondary N) is 2. The van der Waals surface area contributed by atoms with E-state index in [2.05, 4.69) is 16.7 Å². The quantitative estimate of drug-likeness (QED) is 0.218. The van der Waals surface area contributed by atoms with E-state index in [4.69, 9.17) is 19.9 Å². The van der Waals surface area contributed by atoms with E-state index in [-0.39, 0.29) is 37.7 Å². The van der Waals surface area contributed by atoms with Gasteiger partial charge in [-0.3, -0.25) is 24.1 Å². The third-order valence-electron chi connectivity index (χ3n) is 8.53. The van der Waals surface area contributed by atoms with Crippen molar-refractivity contribution in [1.82, 2.24) is 15.5 Å². The molecule has 4 atom stereocenters. The van der Waals surface area contributed by atoms with Crippen molar-refractivity contribution >= 4 is 23.5 Å². The first-order valence-electron chi connectivity index (χ1n) is 14.8. The number of carbonyl (C=O) groups is 4. The molecule has 0 spiro atoms. The highest BCUT2D eigenvalue weighted by atomic mass is 16.6. The Morgan fingerprint density at radius 3 is 2.40 bits per heavy atom. The number of epoxide rings is 1. The molecular weight excluding hydrogens is 540 g/mol. The minimum absolute atomic E-state index is 0.0215. The molecule has 0 aromatic heterocycles. The van der Waals surface area contributed by atoms with Crippen LogP contribution in [0.5, 0.6) is 5.75 Å². The summed E-state index contributed by atoms with van der Waals surface area (Å²) in [6, 6.07) is 6.09. The highest BCUT2D eigenvalue weighted by Crippen LogP contribution is 2.40. The first kappa shape index (κ1) is 31.7. The number of methoxy groups -OCH3 is 1. The highest BCUT2D eigenvalue weighted by Gasteiger charge is 2.58. The van der Waals surface area contributed by atoms with Crippen LogP contribution in [0, 0.1) is 5.92 Å². The Labute approximate surface area is 247 Å². The molecule has 230 valence electrons. The molecule has 3 amide bonds. The molecule has 0 radical (unpaired) electrons. The fourth-order valence-electron chi connectivity index (χ4n) is 5.75. The van der Waals surface area contributed by atoms with Crippen LogP contribution >= 0.6 is 0 Å². The third-order valence-corrected chi connectivity index (χ3v) is 8.53. The second-order valence-corrected chi connectivity index (χ2v) is 11.8. The van der Waals surface area contributed by atoms with Gasteiger partial charge in [-0.2, -0.15) is 0 Å². The van der Waals surface area contributed by atoms with Crippen molar-refractivity contribution in [3.8, 4) is 5.75 Å². The molecule has 11 nitrogen and oxygen atoms in total. The fourth-order valence-corrected chi connectivity index (χ4v) is 5.75. The van der Waals surface area contributed by atoms with E-state index >= 15 is 0 Å². The second-order valence-electron chi connectivity index (χ2n) is 11.8. The SMILES string of the molecule is COc1ccc(CC(NC(=O)[C@H](C)NC(=O)CN2CCOCC2)(C(N)=O)[C@H](CC2=CCCCC2)C(=O)[C@@]2(C)CO2)cc1. The Morgan fingerprint density at radius 1 is 1.14 bits per heavy atom. The lowest BCUT2D eigenvalue weighted by Gasteiger charge is -2.40. The highest BCUT2D eigenvalue weighted by molar-refractivity contribution is 6.02. The first-order valence-corrected chi connectivity index (χ1v) is 14.8. The number of hydrogen-bond acceptors (Lipinski definition) is 8. The van der Waals surface area contributed by atoms with Crippen molar-refractivity contribution in [1.29, 1.82) is 0 Å². The predicted molar refractivity (Wildman–Crippen MR) is 156 cm³/mol. The number of ether oxygens (including phenoxy) is 3. The van der Waals surface area contributed by atoms with Crippen molar-refractivity contribution in [3.05, 3.63) is 41.5 Å². The summed E-state index contributed by atoms with van der Waals surface area (Å²) >= 11 is 0. The van der Waals surface area contributed by atoms with Crippen molar-refractivity contribution in [2.24, 2.45) is 11.7 Å². The Kier molecular flexibility index (Phi) is 10.4. The van der Waals surface area contributed by atoms with Gasteiger partial charge in [0.2, 0.25) is 17.7 Å². The average Bonchev–Trinajstić information content (AvgIpc) is 3.74. The van der Waals surface area contributed by atoms with E-state index in [0.29, 0.717) is 37.6 Å². The number of nitrogens with zero attached hydrogens (tertiary/aromatic N) is 1. The van der Waals surface area contributed by atoms with Crippen LogP contribution in [0.2, 0.25) is 0 Å². The molecule has 4 rings (SSSR count). The van der Waals surface area contributed by atoms with Crippen LogP contribution in [0.4, 0.5) is 0 Å². The summed E-state index contributed by atoms with van der Waals surface area (Å²) < 4.78 is 16.2. The number of hydrogen-bond donors (Lipinski definition) is 3. The lowest BCUT2D eigenvalue weighted by Crippen LogP contribution is -2.68. The molecule has 1 aromatic carbocycles. The number of rotatable bonds is 14. The van der Waals surface area contributed by atoms with Gasteiger partial charge in [0, 0.05) is 19.5 Å². The Morgan fingerprint density at radius 2 is 1.83 bits per heavy atom. The largest absolute Gasteiger partial charge is 0.497 e. The van der Waals surface area contributed by atoms with E-state index in [1.165, 1.54) is 0 Å². The van der Waals surface area contributed by atoms with Crippen molar-refractivity contribution in [2.75, 3.05) is 46.6 Å². The number of benzene rings is 1. The molecule has 2 saturated heterocycles. The number of morpholine rings is 1. The molecule has 4 N–H and O–H groups in total. The first-order chi connectivity index (χ1) is 20.1. The minimum atomic E-state index is -1.78. The summed E-state index contributed by atoms with van der Waals surface area (Å²) in [7, 11) is 1.56. The molecule has 1 aromatic rings. The van der Waals surface area contributed by atoms with Gasteiger partial charge in [-0.1, -0.05) is 23.8 Å². The maximum absolute atomic E-state index is 14.1. The molecule has 0 bridgehead atoms. The Bertz CT molecular complexity index is 1170. The normalized spacial score (nSPS) is 23.5. The van der Waals surface area contributed by atoms with E-state index < -0.39 is 34.9 Å². The van der Waals surface area contributed by atoms with Crippen LogP contribution in [0.1, 0.15) is 51.5 Å². The summed E-state index contributed by atoms with van der Waals surface area (Å²) in [5.41, 5.74) is 5.08. The molecule has 1 unspecified atom stereocenters. The zero-order valence-electron chi connectivity index (χ0n) is 24.9. The average molecular weight is 585 g/mol. The number of ketones is 1. The molecule has 3 aliphatic rings. The maximum Gasteiger partial charge on any atom is 0.244 e. The topological polar surface area (TPSA) is 153 Å². The van der Waals surface area contributed by atoms with Crippen molar-refractivity contribution < 1.29 is 33.4 Å². The molecule has 2 heterocycles. The summed E-state index contributed by atoms with van der Waals surface area (Å²) in [5.74, 6) is -2.37. The Hall–Kier alpha value is -3.28. The van der Waals surface area contributed by atoms with E-state index in [0.717, 1.165) is 31.3 Å². The monoisotopic (exact) mass is 584 g/mol. The zero-order valence-corrected chi connectivity index (χ0v) is 24.9. The number of primary amides is 1. The number of Topliss-reactive ketones (excluding diaryl/α,β-unsaturated/α-hetero) is 1. The van der Waals surface area contributed by atoms with Crippen LogP contribution in [-0.4, -0.2) is 92.2 Å². The molecular formula is C31H44N4O7. The van der Waals surface area contributed by atoms with Crippen LogP contribution in [0.3, 0.4) is 0 Å². The van der Waals surface area contributed by atoms with Gasteiger partial charge in [-0.05, 0) is 63.6 Å². The number of allylic oxidation sites excluding steroid dienone is 2. The van der Waals surface area contributed by atoms with Crippen LogP contribution in [0.25, 0.3) is 0 Å². The standard InChI is InChI=1S/C31H44N4O7/c1-21(33-26(36)19-35-13-15-41-16-14-35)28(38)34-31(29(32)39,18-23-9-11-24(40-3)12-10-23)25(27(37)30(2)20-42-30)17-22-7-5-4-6-8-22/h7,9-12,21,25H,4-6,8,13-20H2,1-3H3,(H2,32,39)(H,33,36)(H,34,38)/t21-,25+,30+,31?/m0/s1. The van der Waals surface area contributed by atoms with Crippen LogP contribution in [-0.2, 0) is 35.1 Å². The van der Waals surface area contributed by atoms with Gasteiger partial charge in [0.15, 0.2) is 5.78 Å². The molecule has 1 aliphatic carbocycles. The lowest BCUT2D eigenvalue weighted by molar-refractivity contribution is -0.142. The predicted octanol–water partition coefficient (Wildman–Crippen LogP) is 1.28. The van der Waals surface area contributed by atoms with Gasteiger partial charge >= 0.3 is 0 Å². The van der Waals surface area contributed by atoms with Crippen molar-refractivity contribution in [3.63, 3.8) is 0 Å². The maximum atomic E-state index is 14.1. The van der Waals surface area contributed by atoms with Gasteiger partial charge in [-0.25, -0.2) is 0 Å². The zero-order chi connectivity index (χ0) is 30.3. The van der Waals surface area contributed by atoms with Gasteiger partial charge in [0.1, 0.15) is 22.9 Å². The lowest BCUT2D eigenvalue weighted by atomic mass is 9.69. The fraction of sp³-hybridized carbons (Fsp3) is 0.613. The Balaban J connectivity index is 1.65. The number of carbonyl (C=O) groups excluding carboxylic acids is 4. The van der Waals surface area contributed by atoms with Crippen LogP contribution in [0.15, 0.2) is 35.9 Å². The minimum Gasteiger partial charge on any atom is -0.497 e. The molecule has 2 fully saturated rings. The van der Waals surface area contributed by atoms with E-state index in [9.17, 15) is 19.2 Å². The van der Waals surface area contributed by atoms with Gasteiger partial charge in [0.25, 0.3) is 0 Å². The molecule has 11 heteroatoms. The van der Waals surface area contributed by atoms with E-state index in [1.54, 1.807) is 45.2 Å². The number of nitrogens with two attached hydrogens (primary N) is 1. The van der Waals surface area contributed by atoms with Gasteiger partial charge in [0.05, 0.1) is 39.4 Å². The molecule has 42 heavy (non-hydrogen) atoms. The summed E-state index contributed by atoms with van der Waals surface area (Å²) in [4.78, 5) is 56.1. The van der Waals surface area contributed by atoms with E-state index in [1.807, 2.05) is 4.90 Å². The summed E-state index contributed by atoms with van der Waals surface area (Å²) in [6.07, 6.45) is 6.12. The number of amides is 3. The third kappa shape index (κ3) is 7.76. The smallest absolute Gasteiger partial charge is 0.244 e.